The first-order valence-electron chi connectivity index (χ1n) is 7.14. The minimum absolute atomic E-state index is 0.432. The van der Waals surface area contributed by atoms with Crippen LogP contribution in [0.25, 0.3) is 10.4 Å². The van der Waals surface area contributed by atoms with Gasteiger partial charge in [0.05, 0.1) is 17.6 Å². The molecule has 1 saturated carbocycles. The first kappa shape index (κ1) is 14.1. The lowest BCUT2D eigenvalue weighted by Crippen LogP contribution is -2.16. The van der Waals surface area contributed by atoms with Crippen LogP contribution in [0.1, 0.15) is 37.7 Å². The molecule has 20 heavy (non-hydrogen) atoms. The van der Waals surface area contributed by atoms with Gasteiger partial charge < -0.3 is 4.74 Å². The summed E-state index contributed by atoms with van der Waals surface area (Å²) in [7, 11) is 0. The Bertz CT molecular complexity index is 563. The van der Waals surface area contributed by atoms with Crippen LogP contribution in [-0.4, -0.2) is 11.1 Å². The van der Waals surface area contributed by atoms with E-state index in [1.807, 2.05) is 12.3 Å². The van der Waals surface area contributed by atoms with Gasteiger partial charge in [0.1, 0.15) is 0 Å². The van der Waals surface area contributed by atoms with Crippen molar-refractivity contribution in [2.24, 2.45) is 0 Å². The molecular weight excluding hydrogens is 290 g/mol. The second kappa shape index (κ2) is 6.70. The van der Waals surface area contributed by atoms with Crippen molar-refractivity contribution in [1.29, 1.82) is 0 Å². The summed E-state index contributed by atoms with van der Waals surface area (Å²) in [6.07, 6.45) is 8.64. The number of aromatic nitrogens is 1. The molecule has 0 spiro atoms. The number of thiazole rings is 1. The zero-order valence-electron chi connectivity index (χ0n) is 11.3. The van der Waals surface area contributed by atoms with E-state index >= 15 is 0 Å². The summed E-state index contributed by atoms with van der Waals surface area (Å²) in [6, 6.07) is 8.36. The number of halogens is 1. The average Bonchev–Trinajstić information content (AvgIpc) is 2.93. The molecule has 2 nitrogen and oxygen atoms in total. The Hall–Kier alpha value is -0.900. The van der Waals surface area contributed by atoms with Crippen molar-refractivity contribution in [3.8, 4) is 10.4 Å². The van der Waals surface area contributed by atoms with Crippen LogP contribution < -0.4 is 0 Å². The fourth-order valence-electron chi connectivity index (χ4n) is 2.70. The molecule has 0 amide bonds. The number of nitrogens with zero attached hydrogens (tertiary/aromatic N) is 1. The molecule has 1 aliphatic carbocycles. The number of hydrogen-bond donors (Lipinski definition) is 0. The van der Waals surface area contributed by atoms with Crippen LogP contribution in [0.5, 0.6) is 0 Å². The fraction of sp³-hybridized carbons (Fsp3) is 0.438. The summed E-state index contributed by atoms with van der Waals surface area (Å²) in [5.41, 5.74) is 2.41. The molecule has 106 valence electrons. The number of ether oxygens (including phenoxy) is 1. The highest BCUT2D eigenvalue weighted by molar-refractivity contribution is 7.18. The topological polar surface area (TPSA) is 22.1 Å². The van der Waals surface area contributed by atoms with Crippen molar-refractivity contribution in [3.63, 3.8) is 0 Å². The van der Waals surface area contributed by atoms with E-state index in [0.29, 0.717) is 17.2 Å². The highest BCUT2D eigenvalue weighted by atomic mass is 35.5. The van der Waals surface area contributed by atoms with Crippen molar-refractivity contribution in [2.75, 3.05) is 0 Å². The molecule has 1 aliphatic rings. The molecule has 1 aromatic carbocycles. The van der Waals surface area contributed by atoms with Gasteiger partial charge in [-0.3, -0.25) is 0 Å². The lowest BCUT2D eigenvalue weighted by Gasteiger charge is -2.22. The normalized spacial score (nSPS) is 16.4. The monoisotopic (exact) mass is 307 g/mol. The molecule has 1 heterocycles. The van der Waals surface area contributed by atoms with Crippen LogP contribution >= 0.6 is 22.9 Å². The van der Waals surface area contributed by atoms with Gasteiger partial charge >= 0.3 is 0 Å². The van der Waals surface area contributed by atoms with Gasteiger partial charge in [0.25, 0.3) is 0 Å². The number of hydrogen-bond acceptors (Lipinski definition) is 3. The lowest BCUT2D eigenvalue weighted by atomic mass is 9.97. The quantitative estimate of drug-likeness (QED) is 0.763. The Kier molecular flexibility index (Phi) is 4.71. The molecule has 0 unspecified atom stereocenters. The van der Waals surface area contributed by atoms with E-state index in [2.05, 4.69) is 23.2 Å². The van der Waals surface area contributed by atoms with Crippen LogP contribution in [0.3, 0.4) is 0 Å². The standard InChI is InChI=1S/C16H18ClNOS/c17-16-18-10-15(20-16)14-9-5-4-6-12(14)11-19-13-7-2-1-3-8-13/h4-6,9-10,13H,1-3,7-8,11H2. The van der Waals surface area contributed by atoms with Crippen molar-refractivity contribution >= 4 is 22.9 Å². The van der Waals surface area contributed by atoms with E-state index in [1.165, 1.54) is 54.6 Å². The molecule has 0 bridgehead atoms. The van der Waals surface area contributed by atoms with Crippen LogP contribution in [0.2, 0.25) is 4.47 Å². The third-order valence-electron chi connectivity index (χ3n) is 3.79. The smallest absolute Gasteiger partial charge is 0.184 e. The number of benzene rings is 1. The second-order valence-electron chi connectivity index (χ2n) is 5.21. The van der Waals surface area contributed by atoms with Gasteiger partial charge in [-0.25, -0.2) is 4.98 Å². The first-order valence-corrected chi connectivity index (χ1v) is 8.33. The molecule has 0 saturated heterocycles. The van der Waals surface area contributed by atoms with Gasteiger partial charge in [0.2, 0.25) is 0 Å². The van der Waals surface area contributed by atoms with Gasteiger partial charge in [-0.05, 0) is 24.0 Å². The van der Waals surface area contributed by atoms with Crippen LogP contribution in [0.4, 0.5) is 0 Å². The highest BCUT2D eigenvalue weighted by Crippen LogP contribution is 2.32. The Morgan fingerprint density at radius 2 is 2.00 bits per heavy atom. The fourth-order valence-corrected chi connectivity index (χ4v) is 3.70. The van der Waals surface area contributed by atoms with E-state index in [-0.39, 0.29) is 0 Å². The van der Waals surface area contributed by atoms with Crippen molar-refractivity contribution in [3.05, 3.63) is 40.5 Å². The maximum absolute atomic E-state index is 6.09. The van der Waals surface area contributed by atoms with E-state index in [1.54, 1.807) is 0 Å². The zero-order valence-corrected chi connectivity index (χ0v) is 12.9. The van der Waals surface area contributed by atoms with E-state index in [4.69, 9.17) is 16.3 Å². The maximum Gasteiger partial charge on any atom is 0.184 e. The molecule has 2 aromatic rings. The van der Waals surface area contributed by atoms with Crippen LogP contribution in [0, 0.1) is 0 Å². The maximum atomic E-state index is 6.09. The first-order chi connectivity index (χ1) is 9.83. The van der Waals surface area contributed by atoms with Gasteiger partial charge in [-0.15, -0.1) is 11.3 Å². The van der Waals surface area contributed by atoms with Crippen LogP contribution in [-0.2, 0) is 11.3 Å². The average molecular weight is 308 g/mol. The molecule has 4 heteroatoms. The highest BCUT2D eigenvalue weighted by Gasteiger charge is 2.15. The lowest BCUT2D eigenvalue weighted by molar-refractivity contribution is 0.0171. The molecule has 0 aliphatic heterocycles. The summed E-state index contributed by atoms with van der Waals surface area (Å²) < 4.78 is 6.68. The summed E-state index contributed by atoms with van der Waals surface area (Å²) >= 11 is 7.45. The van der Waals surface area contributed by atoms with Crippen LogP contribution in [0.15, 0.2) is 30.5 Å². The minimum atomic E-state index is 0.432. The zero-order chi connectivity index (χ0) is 13.8. The van der Waals surface area contributed by atoms with Gasteiger partial charge in [0.15, 0.2) is 4.47 Å². The summed E-state index contributed by atoms with van der Waals surface area (Å²) in [4.78, 5) is 5.24. The van der Waals surface area contributed by atoms with Gasteiger partial charge in [-0.2, -0.15) is 0 Å². The molecule has 0 N–H and O–H groups in total. The SMILES string of the molecule is Clc1ncc(-c2ccccc2COC2CCCCC2)s1. The molecule has 0 radical (unpaired) electrons. The number of rotatable bonds is 4. The van der Waals surface area contributed by atoms with Crippen molar-refractivity contribution in [1.82, 2.24) is 4.98 Å². The molecule has 1 aromatic heterocycles. The second-order valence-corrected chi connectivity index (χ2v) is 6.82. The molecule has 0 atom stereocenters. The third-order valence-corrected chi connectivity index (χ3v) is 4.94. The van der Waals surface area contributed by atoms with E-state index in [0.717, 1.165) is 4.88 Å². The Balaban J connectivity index is 1.72. The largest absolute Gasteiger partial charge is 0.374 e. The Morgan fingerprint density at radius 3 is 2.75 bits per heavy atom. The predicted octanol–water partition coefficient (Wildman–Crippen LogP) is 5.31. The summed E-state index contributed by atoms with van der Waals surface area (Å²) in [6.45, 7) is 0.677. The summed E-state index contributed by atoms with van der Waals surface area (Å²) in [5.74, 6) is 0. The van der Waals surface area contributed by atoms with E-state index < -0.39 is 0 Å². The van der Waals surface area contributed by atoms with Gasteiger partial charge in [0, 0.05) is 6.20 Å². The van der Waals surface area contributed by atoms with E-state index in [9.17, 15) is 0 Å². The van der Waals surface area contributed by atoms with Crippen molar-refractivity contribution in [2.45, 2.75) is 44.8 Å². The molecule has 3 rings (SSSR count). The molecular formula is C16H18ClNOS. The minimum Gasteiger partial charge on any atom is -0.374 e. The Labute approximate surface area is 128 Å². The molecule has 1 fully saturated rings. The Morgan fingerprint density at radius 1 is 1.20 bits per heavy atom. The predicted molar refractivity (Wildman–Crippen MR) is 84.2 cm³/mol. The van der Waals surface area contributed by atoms with Gasteiger partial charge in [-0.1, -0.05) is 55.1 Å². The van der Waals surface area contributed by atoms with Crippen molar-refractivity contribution < 1.29 is 4.74 Å². The summed E-state index contributed by atoms with van der Waals surface area (Å²) in [5, 5.41) is 0. The third kappa shape index (κ3) is 3.40.